The average Bonchev–Trinajstić information content (AvgIpc) is 2.84. The van der Waals surface area contributed by atoms with Gasteiger partial charge in [0, 0.05) is 19.4 Å². The Kier molecular flexibility index (Phi) is 3.69. The van der Waals surface area contributed by atoms with Gasteiger partial charge in [0.15, 0.2) is 10.8 Å². The summed E-state index contributed by atoms with van der Waals surface area (Å²) >= 11 is 6.18. The highest BCUT2D eigenvalue weighted by molar-refractivity contribution is 6.35. The van der Waals surface area contributed by atoms with Gasteiger partial charge < -0.3 is 14.6 Å². The van der Waals surface area contributed by atoms with E-state index in [4.69, 9.17) is 21.1 Å². The molecule has 7 nitrogen and oxygen atoms in total. The summed E-state index contributed by atoms with van der Waals surface area (Å²) in [6.45, 7) is 1.32. The number of pyridine rings is 1. The first-order chi connectivity index (χ1) is 10.1. The molecule has 2 aromatic rings. The Balaban J connectivity index is 2.19. The third kappa shape index (κ3) is 2.32. The quantitative estimate of drug-likeness (QED) is 0.934. The summed E-state index contributed by atoms with van der Waals surface area (Å²) in [7, 11) is 1.41. The van der Waals surface area contributed by atoms with Crippen LogP contribution in [-0.4, -0.2) is 46.2 Å². The summed E-state index contributed by atoms with van der Waals surface area (Å²) in [5.74, 6) is -0.924. The third-order valence-corrected chi connectivity index (χ3v) is 3.87. The molecule has 0 saturated carbocycles. The van der Waals surface area contributed by atoms with E-state index in [9.17, 15) is 9.90 Å². The van der Waals surface area contributed by atoms with E-state index in [0.717, 1.165) is 12.8 Å². The van der Waals surface area contributed by atoms with Gasteiger partial charge in [0.1, 0.15) is 16.7 Å². The van der Waals surface area contributed by atoms with Gasteiger partial charge in [-0.15, -0.1) is 0 Å². The van der Waals surface area contributed by atoms with Crippen LogP contribution in [-0.2, 0) is 4.74 Å². The maximum atomic E-state index is 11.2. The Labute approximate surface area is 125 Å². The van der Waals surface area contributed by atoms with Gasteiger partial charge in [-0.2, -0.15) is 5.10 Å². The SMILES string of the molecule is COc1c(C(=O)O)cnc2c1c(Cl)nn2C1CCOCC1. The Morgan fingerprint density at radius 1 is 1.52 bits per heavy atom. The Morgan fingerprint density at radius 3 is 2.86 bits per heavy atom. The van der Waals surface area contributed by atoms with Gasteiger partial charge in [-0.1, -0.05) is 11.6 Å². The van der Waals surface area contributed by atoms with Crippen molar-refractivity contribution in [1.82, 2.24) is 14.8 Å². The van der Waals surface area contributed by atoms with Gasteiger partial charge in [-0.25, -0.2) is 14.5 Å². The number of halogens is 1. The molecule has 0 bridgehead atoms. The van der Waals surface area contributed by atoms with Crippen molar-refractivity contribution in [3.63, 3.8) is 0 Å². The van der Waals surface area contributed by atoms with Crippen molar-refractivity contribution in [2.24, 2.45) is 0 Å². The summed E-state index contributed by atoms with van der Waals surface area (Å²) in [5, 5.41) is 14.1. The first-order valence-electron chi connectivity index (χ1n) is 6.55. The summed E-state index contributed by atoms with van der Waals surface area (Å²) in [6.07, 6.45) is 2.91. The standard InChI is InChI=1S/C13H14ClN3O4/c1-20-10-8(13(18)19)6-15-12-9(10)11(14)16-17(12)7-2-4-21-5-3-7/h6-7H,2-5H2,1H3,(H,18,19). The largest absolute Gasteiger partial charge is 0.495 e. The normalized spacial score (nSPS) is 16.3. The molecule has 1 aliphatic heterocycles. The molecule has 0 aliphatic carbocycles. The lowest BCUT2D eigenvalue weighted by Crippen LogP contribution is -2.20. The van der Waals surface area contributed by atoms with Crippen molar-refractivity contribution in [1.29, 1.82) is 0 Å². The first kappa shape index (κ1) is 14.1. The summed E-state index contributed by atoms with van der Waals surface area (Å²) in [4.78, 5) is 15.5. The number of carbonyl (C=O) groups is 1. The maximum Gasteiger partial charge on any atom is 0.341 e. The van der Waals surface area contributed by atoms with Gasteiger partial charge in [-0.3, -0.25) is 0 Å². The fraction of sp³-hybridized carbons (Fsp3) is 0.462. The molecule has 0 amide bonds. The Morgan fingerprint density at radius 2 is 2.24 bits per heavy atom. The lowest BCUT2D eigenvalue weighted by Gasteiger charge is -2.22. The fourth-order valence-corrected chi connectivity index (χ4v) is 2.84. The number of hydrogen-bond donors (Lipinski definition) is 1. The highest BCUT2D eigenvalue weighted by Gasteiger charge is 2.25. The fourth-order valence-electron chi connectivity index (χ4n) is 2.59. The van der Waals surface area contributed by atoms with Crippen LogP contribution in [0.15, 0.2) is 6.20 Å². The molecule has 1 fully saturated rings. The molecule has 1 saturated heterocycles. The van der Waals surface area contributed by atoms with Crippen LogP contribution in [0.1, 0.15) is 29.2 Å². The summed E-state index contributed by atoms with van der Waals surface area (Å²) < 4.78 is 12.3. The second-order valence-electron chi connectivity index (χ2n) is 4.79. The maximum absolute atomic E-state index is 11.2. The molecule has 0 spiro atoms. The highest BCUT2D eigenvalue weighted by Crippen LogP contribution is 2.36. The minimum Gasteiger partial charge on any atom is -0.495 e. The smallest absolute Gasteiger partial charge is 0.341 e. The molecule has 1 N–H and O–H groups in total. The van der Waals surface area contributed by atoms with Crippen molar-refractivity contribution in [3.8, 4) is 5.75 Å². The number of fused-ring (bicyclic) bond motifs is 1. The molecule has 8 heteroatoms. The van der Waals surface area contributed by atoms with Gasteiger partial charge >= 0.3 is 5.97 Å². The van der Waals surface area contributed by atoms with Crippen molar-refractivity contribution in [2.75, 3.05) is 20.3 Å². The average molecular weight is 312 g/mol. The number of aromatic nitrogens is 3. The number of rotatable bonds is 3. The number of hydrogen-bond acceptors (Lipinski definition) is 5. The van der Waals surface area contributed by atoms with Gasteiger partial charge in [0.2, 0.25) is 0 Å². The summed E-state index contributed by atoms with van der Waals surface area (Å²) in [6, 6.07) is 0.140. The van der Waals surface area contributed by atoms with Crippen LogP contribution in [0, 0.1) is 0 Å². The molecule has 1 aliphatic rings. The molecule has 0 radical (unpaired) electrons. The zero-order valence-electron chi connectivity index (χ0n) is 11.4. The van der Waals surface area contributed by atoms with Crippen LogP contribution in [0.4, 0.5) is 0 Å². The van der Waals surface area contributed by atoms with E-state index in [1.165, 1.54) is 13.3 Å². The van der Waals surface area contributed by atoms with E-state index in [1.54, 1.807) is 4.68 Å². The minimum atomic E-state index is -1.11. The van der Waals surface area contributed by atoms with Crippen LogP contribution < -0.4 is 4.74 Å². The summed E-state index contributed by atoms with van der Waals surface area (Å²) in [5.41, 5.74) is 0.507. The van der Waals surface area contributed by atoms with E-state index in [0.29, 0.717) is 24.2 Å². The number of ether oxygens (including phenoxy) is 2. The van der Waals surface area contributed by atoms with Crippen molar-refractivity contribution < 1.29 is 19.4 Å². The molecule has 2 aromatic heterocycles. The monoisotopic (exact) mass is 311 g/mol. The number of carboxylic acid groups (broad SMARTS) is 1. The van der Waals surface area contributed by atoms with Crippen molar-refractivity contribution >= 4 is 28.6 Å². The van der Waals surface area contributed by atoms with E-state index < -0.39 is 5.97 Å². The number of aromatic carboxylic acids is 1. The van der Waals surface area contributed by atoms with E-state index >= 15 is 0 Å². The van der Waals surface area contributed by atoms with E-state index in [2.05, 4.69) is 10.1 Å². The highest BCUT2D eigenvalue weighted by atomic mass is 35.5. The zero-order valence-corrected chi connectivity index (χ0v) is 12.1. The Hall–Kier alpha value is -1.86. The lowest BCUT2D eigenvalue weighted by atomic mass is 10.1. The number of nitrogens with zero attached hydrogens (tertiary/aromatic N) is 3. The molecule has 3 heterocycles. The molecule has 0 aromatic carbocycles. The van der Waals surface area contributed by atoms with Crippen molar-refractivity contribution in [2.45, 2.75) is 18.9 Å². The molecule has 3 rings (SSSR count). The van der Waals surface area contributed by atoms with Crippen LogP contribution >= 0.6 is 11.6 Å². The van der Waals surface area contributed by atoms with Gasteiger partial charge in [0.05, 0.1) is 13.2 Å². The topological polar surface area (TPSA) is 86.5 Å². The Bertz CT molecular complexity index is 694. The number of carboxylic acids is 1. The molecule has 0 atom stereocenters. The minimum absolute atomic E-state index is 0.0292. The van der Waals surface area contributed by atoms with Crippen LogP contribution in [0.25, 0.3) is 11.0 Å². The predicted octanol–water partition coefficient (Wildman–Crippen LogP) is 2.14. The molecular weight excluding hydrogens is 298 g/mol. The van der Waals surface area contributed by atoms with Crippen LogP contribution in [0.3, 0.4) is 0 Å². The molecule has 112 valence electrons. The van der Waals surface area contributed by atoms with Gasteiger partial charge in [-0.05, 0) is 12.8 Å². The number of methoxy groups -OCH3 is 1. The second kappa shape index (κ2) is 5.50. The predicted molar refractivity (Wildman–Crippen MR) is 75.1 cm³/mol. The van der Waals surface area contributed by atoms with E-state index in [-0.39, 0.29) is 22.5 Å². The van der Waals surface area contributed by atoms with E-state index in [1.807, 2.05) is 0 Å². The van der Waals surface area contributed by atoms with Crippen LogP contribution in [0.2, 0.25) is 5.15 Å². The molecule has 0 unspecified atom stereocenters. The third-order valence-electron chi connectivity index (χ3n) is 3.60. The zero-order chi connectivity index (χ0) is 15.0. The first-order valence-corrected chi connectivity index (χ1v) is 6.93. The van der Waals surface area contributed by atoms with Crippen molar-refractivity contribution in [3.05, 3.63) is 16.9 Å². The second-order valence-corrected chi connectivity index (χ2v) is 5.15. The van der Waals surface area contributed by atoms with Gasteiger partial charge in [0.25, 0.3) is 0 Å². The molecular formula is C13H14ClN3O4. The molecule has 21 heavy (non-hydrogen) atoms. The van der Waals surface area contributed by atoms with Crippen LogP contribution in [0.5, 0.6) is 5.75 Å². The lowest BCUT2D eigenvalue weighted by molar-refractivity contribution is 0.0673.